The average Bonchev–Trinajstić information content (AvgIpc) is 3.11. The molecule has 1 aliphatic carbocycles. The van der Waals surface area contributed by atoms with Crippen LogP contribution in [0.4, 0.5) is 0 Å². The van der Waals surface area contributed by atoms with Crippen molar-refractivity contribution in [3.05, 3.63) is 69.3 Å². The Morgan fingerprint density at radius 1 is 1.00 bits per heavy atom. The summed E-state index contributed by atoms with van der Waals surface area (Å²) in [4.78, 5) is 13.2. The maximum absolute atomic E-state index is 13.2. The Morgan fingerprint density at radius 2 is 1.73 bits per heavy atom. The maximum Gasteiger partial charge on any atom is 0.286 e. The Hall–Kier alpha value is -2.34. The predicted octanol–water partition coefficient (Wildman–Crippen LogP) is 6.55. The van der Waals surface area contributed by atoms with Gasteiger partial charge in [-0.1, -0.05) is 60.3 Å². The van der Waals surface area contributed by atoms with Gasteiger partial charge in [0.2, 0.25) is 0 Å². The summed E-state index contributed by atoms with van der Waals surface area (Å²) in [6, 6.07) is 14.0. The fraction of sp³-hybridized carbons (Fsp3) is 0.385. The van der Waals surface area contributed by atoms with Crippen molar-refractivity contribution in [1.82, 2.24) is 20.2 Å². The van der Waals surface area contributed by atoms with Gasteiger partial charge in [-0.05, 0) is 62.3 Å². The minimum atomic E-state index is -0.189. The van der Waals surface area contributed by atoms with Crippen LogP contribution in [0.15, 0.2) is 42.5 Å². The van der Waals surface area contributed by atoms with Gasteiger partial charge >= 0.3 is 0 Å². The summed E-state index contributed by atoms with van der Waals surface area (Å²) in [6.07, 6.45) is 7.22. The zero-order valence-corrected chi connectivity index (χ0v) is 20.3. The molecule has 172 valence electrons. The normalized spacial score (nSPS) is 17.1. The van der Waals surface area contributed by atoms with Crippen LogP contribution in [0, 0.1) is 6.92 Å². The minimum Gasteiger partial charge on any atom is -0.283 e. The molecule has 0 radical (unpaired) electrons. The molecular weight excluding hydrogens is 455 g/mol. The van der Waals surface area contributed by atoms with Gasteiger partial charge in [0.05, 0.1) is 16.4 Å². The Kier molecular flexibility index (Phi) is 6.46. The SMILES string of the molecule is Cc1c(C(=O)NN2CCCCC2)nn(-c2ccc(Cl)cc2Cl)c1-c1ccc(C2CCC2)cc1. The highest BCUT2D eigenvalue weighted by molar-refractivity contribution is 6.35. The minimum absolute atomic E-state index is 0.189. The van der Waals surface area contributed by atoms with E-state index in [1.54, 1.807) is 16.8 Å². The lowest BCUT2D eigenvalue weighted by molar-refractivity contribution is 0.0743. The van der Waals surface area contributed by atoms with Crippen LogP contribution in [-0.2, 0) is 0 Å². The van der Waals surface area contributed by atoms with E-state index >= 15 is 0 Å². The number of piperidine rings is 1. The van der Waals surface area contributed by atoms with Crippen LogP contribution >= 0.6 is 23.2 Å². The quantitative estimate of drug-likeness (QED) is 0.448. The molecule has 0 spiro atoms. The monoisotopic (exact) mass is 482 g/mol. The molecule has 2 fully saturated rings. The van der Waals surface area contributed by atoms with Gasteiger partial charge in [0.25, 0.3) is 5.91 Å². The summed E-state index contributed by atoms with van der Waals surface area (Å²) in [6.45, 7) is 3.68. The van der Waals surface area contributed by atoms with E-state index < -0.39 is 0 Å². The van der Waals surface area contributed by atoms with E-state index in [0.29, 0.717) is 27.3 Å². The third-order valence-electron chi connectivity index (χ3n) is 6.85. The van der Waals surface area contributed by atoms with Crippen LogP contribution in [0.5, 0.6) is 0 Å². The largest absolute Gasteiger partial charge is 0.286 e. The summed E-state index contributed by atoms with van der Waals surface area (Å²) >= 11 is 12.7. The fourth-order valence-electron chi connectivity index (χ4n) is 4.73. The molecule has 0 unspecified atom stereocenters. The van der Waals surface area contributed by atoms with Crippen molar-refractivity contribution in [2.45, 2.75) is 51.4 Å². The second kappa shape index (κ2) is 9.49. The molecule has 3 aromatic rings. The first-order valence-electron chi connectivity index (χ1n) is 11.7. The number of carbonyl (C=O) groups excluding carboxylic acids is 1. The lowest BCUT2D eigenvalue weighted by Crippen LogP contribution is -2.45. The number of benzene rings is 2. The summed E-state index contributed by atoms with van der Waals surface area (Å²) in [5, 5.41) is 7.78. The number of aromatic nitrogens is 2. The Morgan fingerprint density at radius 3 is 2.36 bits per heavy atom. The highest BCUT2D eigenvalue weighted by Crippen LogP contribution is 2.38. The van der Waals surface area contributed by atoms with E-state index in [9.17, 15) is 4.79 Å². The Balaban J connectivity index is 1.55. The van der Waals surface area contributed by atoms with Gasteiger partial charge in [-0.2, -0.15) is 5.10 Å². The van der Waals surface area contributed by atoms with E-state index in [1.165, 1.54) is 31.2 Å². The van der Waals surface area contributed by atoms with Gasteiger partial charge in [0.1, 0.15) is 0 Å². The fourth-order valence-corrected chi connectivity index (χ4v) is 5.22. The highest BCUT2D eigenvalue weighted by Gasteiger charge is 2.25. The van der Waals surface area contributed by atoms with Crippen LogP contribution in [0.3, 0.4) is 0 Å². The Bertz CT molecular complexity index is 1160. The number of hydrogen-bond donors (Lipinski definition) is 1. The Labute approximate surface area is 204 Å². The molecule has 1 N–H and O–H groups in total. The standard InChI is InChI=1S/C26H28Cl2N4O/c1-17-24(26(33)30-31-14-3-2-4-15-31)29-32(23-13-12-21(27)16-22(23)28)25(17)20-10-8-19(9-11-20)18-6-5-7-18/h8-13,16,18H,2-7,14-15H2,1H3,(H,30,33). The number of hydrogen-bond acceptors (Lipinski definition) is 3. The zero-order chi connectivity index (χ0) is 22.9. The van der Waals surface area contributed by atoms with Crippen molar-refractivity contribution in [2.24, 2.45) is 0 Å². The number of hydrazine groups is 1. The molecule has 5 rings (SSSR count). The van der Waals surface area contributed by atoms with Gasteiger partial charge in [0.15, 0.2) is 5.69 Å². The van der Waals surface area contributed by atoms with Crippen LogP contribution < -0.4 is 5.43 Å². The summed E-state index contributed by atoms with van der Waals surface area (Å²) in [7, 11) is 0. The van der Waals surface area contributed by atoms with Gasteiger partial charge in [0, 0.05) is 29.2 Å². The average molecular weight is 483 g/mol. The van der Waals surface area contributed by atoms with Crippen molar-refractivity contribution < 1.29 is 4.79 Å². The number of carbonyl (C=O) groups is 1. The van der Waals surface area contributed by atoms with Crippen molar-refractivity contribution in [3.8, 4) is 16.9 Å². The third-order valence-corrected chi connectivity index (χ3v) is 7.39. The smallest absolute Gasteiger partial charge is 0.283 e. The molecule has 7 heteroatoms. The van der Waals surface area contributed by atoms with Crippen LogP contribution in [0.25, 0.3) is 16.9 Å². The van der Waals surface area contributed by atoms with E-state index in [4.69, 9.17) is 28.3 Å². The zero-order valence-electron chi connectivity index (χ0n) is 18.8. The molecule has 0 atom stereocenters. The van der Waals surface area contributed by atoms with E-state index in [0.717, 1.165) is 42.8 Å². The molecule has 1 saturated heterocycles. The lowest BCUT2D eigenvalue weighted by Gasteiger charge is -2.26. The number of nitrogens with one attached hydrogen (secondary N) is 1. The molecule has 33 heavy (non-hydrogen) atoms. The molecule has 5 nitrogen and oxygen atoms in total. The van der Waals surface area contributed by atoms with Crippen molar-refractivity contribution in [3.63, 3.8) is 0 Å². The maximum atomic E-state index is 13.2. The van der Waals surface area contributed by atoms with Crippen molar-refractivity contribution >= 4 is 29.1 Å². The first kappa shape index (κ1) is 22.5. The van der Waals surface area contributed by atoms with Crippen LogP contribution in [-0.4, -0.2) is 33.8 Å². The molecule has 1 amide bonds. The van der Waals surface area contributed by atoms with Gasteiger partial charge in [-0.25, -0.2) is 9.69 Å². The highest BCUT2D eigenvalue weighted by atomic mass is 35.5. The molecule has 2 aliphatic rings. The molecule has 1 saturated carbocycles. The molecule has 2 heterocycles. The topological polar surface area (TPSA) is 50.2 Å². The van der Waals surface area contributed by atoms with Gasteiger partial charge in [-0.15, -0.1) is 0 Å². The third kappa shape index (κ3) is 4.54. The van der Waals surface area contributed by atoms with E-state index in [1.807, 2.05) is 18.0 Å². The number of halogens is 2. The van der Waals surface area contributed by atoms with Gasteiger partial charge in [-0.3, -0.25) is 10.2 Å². The van der Waals surface area contributed by atoms with Crippen LogP contribution in [0.1, 0.15) is 66.1 Å². The molecule has 1 aliphatic heterocycles. The predicted molar refractivity (Wildman–Crippen MR) is 133 cm³/mol. The molecular formula is C26H28Cl2N4O. The first-order chi connectivity index (χ1) is 16.0. The van der Waals surface area contributed by atoms with Crippen LogP contribution in [0.2, 0.25) is 10.0 Å². The van der Waals surface area contributed by atoms with Gasteiger partial charge < -0.3 is 0 Å². The second-order valence-electron chi connectivity index (χ2n) is 9.07. The van der Waals surface area contributed by atoms with Crippen molar-refractivity contribution in [1.29, 1.82) is 0 Å². The summed E-state index contributed by atoms with van der Waals surface area (Å²) in [5.74, 6) is 0.479. The molecule has 2 aromatic carbocycles. The summed E-state index contributed by atoms with van der Waals surface area (Å²) < 4.78 is 1.78. The van der Waals surface area contributed by atoms with E-state index in [-0.39, 0.29) is 5.91 Å². The summed E-state index contributed by atoms with van der Waals surface area (Å²) in [5.41, 5.74) is 8.22. The number of rotatable bonds is 5. The van der Waals surface area contributed by atoms with Crippen molar-refractivity contribution in [2.75, 3.05) is 13.1 Å². The number of amides is 1. The molecule has 1 aromatic heterocycles. The van der Waals surface area contributed by atoms with E-state index in [2.05, 4.69) is 29.7 Å². The lowest BCUT2D eigenvalue weighted by atomic mass is 9.80. The second-order valence-corrected chi connectivity index (χ2v) is 9.91. The first-order valence-corrected chi connectivity index (χ1v) is 12.5. The molecule has 0 bridgehead atoms. The number of nitrogens with zero attached hydrogens (tertiary/aromatic N) is 3.